The van der Waals surface area contributed by atoms with E-state index in [-0.39, 0.29) is 0 Å². The lowest BCUT2D eigenvalue weighted by atomic mass is 10.1. The van der Waals surface area contributed by atoms with Gasteiger partial charge in [0.25, 0.3) is 0 Å². The summed E-state index contributed by atoms with van der Waals surface area (Å²) in [6, 6.07) is 13.4. The Labute approximate surface area is 187 Å². The van der Waals surface area contributed by atoms with Crippen LogP contribution in [0.5, 0.6) is 11.5 Å². The normalized spacial score (nSPS) is 20.8. The molecular weight excluding hydrogens is 450 g/mol. The first-order chi connectivity index (χ1) is 14.9. The van der Waals surface area contributed by atoms with Gasteiger partial charge in [0.2, 0.25) is 6.10 Å². The molecule has 3 atom stereocenters. The summed E-state index contributed by atoms with van der Waals surface area (Å²) >= 11 is 5.31. The molecule has 1 saturated carbocycles. The van der Waals surface area contributed by atoms with Crippen molar-refractivity contribution < 1.29 is 31.8 Å². The number of ether oxygens (including phenoxy) is 2. The Morgan fingerprint density at radius 2 is 1.84 bits per heavy atom. The van der Waals surface area contributed by atoms with Crippen molar-refractivity contribution in [1.82, 2.24) is 0 Å². The highest BCUT2D eigenvalue weighted by Crippen LogP contribution is 2.60. The molecule has 9 heteroatoms. The van der Waals surface area contributed by atoms with Crippen LogP contribution >= 0.6 is 11.6 Å². The predicted octanol–water partition coefficient (Wildman–Crippen LogP) is 6.68. The molecule has 0 radical (unpaired) electrons. The second kappa shape index (κ2) is 8.83. The van der Waals surface area contributed by atoms with Crippen LogP contribution in [0.1, 0.15) is 25.5 Å². The van der Waals surface area contributed by atoms with E-state index in [1.807, 2.05) is 6.07 Å². The summed E-state index contributed by atoms with van der Waals surface area (Å²) in [6.45, 7) is 3.25. The van der Waals surface area contributed by atoms with Crippen molar-refractivity contribution in [3.05, 3.63) is 71.0 Å². The zero-order valence-electron chi connectivity index (χ0n) is 17.0. The van der Waals surface area contributed by atoms with Gasteiger partial charge in [-0.15, -0.1) is 0 Å². The number of esters is 1. The van der Waals surface area contributed by atoms with Crippen molar-refractivity contribution in [3.63, 3.8) is 0 Å². The average molecular weight is 468 g/mol. The average Bonchev–Trinajstić information content (AvgIpc) is 3.27. The Morgan fingerprint density at radius 3 is 2.44 bits per heavy atom. The van der Waals surface area contributed by atoms with E-state index in [4.69, 9.17) is 21.1 Å². The Hall–Kier alpha value is -3.05. The molecule has 1 fully saturated rings. The highest BCUT2D eigenvalue weighted by atomic mass is 35.5. The monoisotopic (exact) mass is 467 g/mol. The molecule has 0 aromatic heterocycles. The molecule has 0 heterocycles. The molecule has 0 N–H and O–H groups in total. The van der Waals surface area contributed by atoms with Gasteiger partial charge in [-0.2, -0.15) is 18.4 Å². The van der Waals surface area contributed by atoms with E-state index in [2.05, 4.69) is 0 Å². The molecule has 32 heavy (non-hydrogen) atoms. The molecule has 0 saturated heterocycles. The van der Waals surface area contributed by atoms with Gasteiger partial charge >= 0.3 is 12.1 Å². The zero-order chi connectivity index (χ0) is 23.7. The summed E-state index contributed by atoms with van der Waals surface area (Å²) in [7, 11) is 0. The van der Waals surface area contributed by atoms with E-state index < -0.39 is 46.3 Å². The van der Waals surface area contributed by atoms with Crippen LogP contribution in [0, 0.1) is 34.4 Å². The molecular formula is C23H18ClF4NO3. The number of alkyl halides is 3. The summed E-state index contributed by atoms with van der Waals surface area (Å²) in [6.07, 6.45) is -5.18. The first-order valence-corrected chi connectivity index (χ1v) is 9.89. The van der Waals surface area contributed by atoms with Crippen LogP contribution < -0.4 is 4.74 Å². The van der Waals surface area contributed by atoms with Gasteiger partial charge in [0.15, 0.2) is 0 Å². The van der Waals surface area contributed by atoms with Crippen molar-refractivity contribution in [1.29, 1.82) is 5.26 Å². The van der Waals surface area contributed by atoms with Gasteiger partial charge in [0.1, 0.15) is 28.4 Å². The number of carbonyl (C=O) groups excluding carboxylic acids is 1. The minimum absolute atomic E-state index is 0.319. The second-order valence-electron chi connectivity index (χ2n) is 7.91. The first-order valence-electron chi connectivity index (χ1n) is 9.51. The molecule has 1 unspecified atom stereocenters. The Kier molecular flexibility index (Phi) is 6.51. The summed E-state index contributed by atoms with van der Waals surface area (Å²) in [5.74, 6) is -2.15. The Morgan fingerprint density at radius 1 is 1.19 bits per heavy atom. The number of halogens is 5. The summed E-state index contributed by atoms with van der Waals surface area (Å²) < 4.78 is 62.1. The van der Waals surface area contributed by atoms with Gasteiger partial charge in [0, 0.05) is 5.56 Å². The Bertz CT molecular complexity index is 1070. The number of carbonyl (C=O) groups is 1. The van der Waals surface area contributed by atoms with Crippen LogP contribution in [0.3, 0.4) is 0 Å². The topological polar surface area (TPSA) is 59.3 Å². The third-order valence-electron chi connectivity index (χ3n) is 5.32. The maximum atomic E-state index is 13.0. The van der Waals surface area contributed by atoms with Crippen LogP contribution in [-0.4, -0.2) is 12.1 Å². The van der Waals surface area contributed by atoms with Gasteiger partial charge in [-0.1, -0.05) is 43.7 Å². The van der Waals surface area contributed by atoms with Crippen molar-refractivity contribution in [3.8, 4) is 17.6 Å². The summed E-state index contributed by atoms with van der Waals surface area (Å²) in [5.41, 5.74) is -0.477. The van der Waals surface area contributed by atoms with Crippen LogP contribution in [-0.2, 0) is 9.53 Å². The van der Waals surface area contributed by atoms with Crippen LogP contribution in [0.25, 0.3) is 0 Å². The SMILES string of the molecule is CC1(C)C(/C=C(\Cl)C(F)(F)F)[C@H]1C(=O)O[C@H](C#N)c1cccc(Oc2ccc(F)cc2)c1. The van der Waals surface area contributed by atoms with Crippen LogP contribution in [0.15, 0.2) is 59.6 Å². The lowest BCUT2D eigenvalue weighted by Crippen LogP contribution is -2.14. The van der Waals surface area contributed by atoms with E-state index in [0.717, 1.165) is 6.08 Å². The minimum atomic E-state index is -4.70. The van der Waals surface area contributed by atoms with Crippen molar-refractivity contribution in [2.24, 2.45) is 17.3 Å². The number of benzene rings is 2. The number of hydrogen-bond donors (Lipinski definition) is 0. The van der Waals surface area contributed by atoms with E-state index in [9.17, 15) is 27.6 Å². The molecule has 0 amide bonds. The van der Waals surface area contributed by atoms with Crippen LogP contribution in [0.2, 0.25) is 0 Å². The third kappa shape index (κ3) is 5.22. The molecule has 168 valence electrons. The lowest BCUT2D eigenvalue weighted by molar-refractivity contribution is -0.149. The van der Waals surface area contributed by atoms with Crippen molar-refractivity contribution in [2.75, 3.05) is 0 Å². The predicted molar refractivity (Wildman–Crippen MR) is 108 cm³/mol. The van der Waals surface area contributed by atoms with E-state index in [1.54, 1.807) is 32.0 Å². The molecule has 2 aromatic carbocycles. The molecule has 3 rings (SSSR count). The highest BCUT2D eigenvalue weighted by molar-refractivity contribution is 6.30. The zero-order valence-corrected chi connectivity index (χ0v) is 17.7. The maximum absolute atomic E-state index is 13.0. The maximum Gasteiger partial charge on any atom is 0.426 e. The lowest BCUT2D eigenvalue weighted by Gasteiger charge is -2.13. The van der Waals surface area contributed by atoms with Crippen molar-refractivity contribution >= 4 is 17.6 Å². The number of allylic oxidation sites excluding steroid dienone is 2. The van der Waals surface area contributed by atoms with Gasteiger partial charge in [0.05, 0.1) is 5.92 Å². The van der Waals surface area contributed by atoms with Gasteiger partial charge in [-0.25, -0.2) is 4.39 Å². The minimum Gasteiger partial charge on any atom is -0.457 e. The molecule has 0 aliphatic heterocycles. The fourth-order valence-electron chi connectivity index (χ4n) is 3.43. The number of nitrogens with zero attached hydrogens (tertiary/aromatic N) is 1. The number of rotatable bonds is 6. The molecule has 4 nitrogen and oxygen atoms in total. The number of hydrogen-bond acceptors (Lipinski definition) is 4. The summed E-state index contributed by atoms with van der Waals surface area (Å²) in [4.78, 5) is 12.6. The quantitative estimate of drug-likeness (QED) is 0.351. The summed E-state index contributed by atoms with van der Waals surface area (Å²) in [5, 5.41) is 8.20. The van der Waals surface area contributed by atoms with Gasteiger partial charge in [-0.05, 0) is 47.7 Å². The fourth-order valence-corrected chi connectivity index (χ4v) is 3.57. The first kappa shape index (κ1) is 23.6. The molecule has 0 spiro atoms. The molecule has 2 aromatic rings. The van der Waals surface area contributed by atoms with Gasteiger partial charge < -0.3 is 9.47 Å². The second-order valence-corrected chi connectivity index (χ2v) is 8.32. The van der Waals surface area contributed by atoms with Crippen molar-refractivity contribution in [2.45, 2.75) is 26.1 Å². The smallest absolute Gasteiger partial charge is 0.426 e. The molecule has 1 aliphatic carbocycles. The molecule has 0 bridgehead atoms. The largest absolute Gasteiger partial charge is 0.457 e. The van der Waals surface area contributed by atoms with E-state index in [0.29, 0.717) is 17.1 Å². The Balaban J connectivity index is 1.72. The van der Waals surface area contributed by atoms with Gasteiger partial charge in [-0.3, -0.25) is 4.79 Å². The fraction of sp³-hybridized carbons (Fsp3) is 0.304. The van der Waals surface area contributed by atoms with E-state index in [1.165, 1.54) is 30.3 Å². The third-order valence-corrected chi connectivity index (χ3v) is 5.66. The van der Waals surface area contributed by atoms with Crippen LogP contribution in [0.4, 0.5) is 17.6 Å². The number of nitriles is 1. The standard InChI is InChI=1S/C23H18ClF4NO3/c1-22(2)17(11-19(24)23(26,27)28)20(22)21(30)32-18(12-29)13-4-3-5-16(10-13)31-15-8-6-14(25)7-9-15/h3-11,17-18,20H,1-2H3/b19-11-/t17?,18-,20+/m1/s1. The van der Waals surface area contributed by atoms with E-state index >= 15 is 0 Å². The highest BCUT2D eigenvalue weighted by Gasteiger charge is 2.62. The molecule has 1 aliphatic rings.